The van der Waals surface area contributed by atoms with E-state index in [-0.39, 0.29) is 13.8 Å². The maximum absolute atomic E-state index is 16.1. The third-order valence-corrected chi connectivity index (χ3v) is 12.4. The second-order valence-corrected chi connectivity index (χ2v) is 16.2. The molecule has 72 heavy (non-hydrogen) atoms. The summed E-state index contributed by atoms with van der Waals surface area (Å²) in [5.74, 6) is -135. The average molecular weight is 1200 g/mol. The summed E-state index contributed by atoms with van der Waals surface area (Å²) in [4.78, 5) is 0. The van der Waals surface area contributed by atoms with Crippen LogP contribution in [0.4, 0.5) is 184 Å². The molecule has 0 radical (unpaired) electrons. The molecule has 2 unspecified atom stereocenters. The van der Waals surface area contributed by atoms with Crippen LogP contribution in [0.2, 0.25) is 0 Å². The minimum absolute atomic E-state index is 0.278. The van der Waals surface area contributed by atoms with Gasteiger partial charge in [-0.2, -0.15) is 176 Å². The van der Waals surface area contributed by atoms with Gasteiger partial charge in [0.1, 0.15) is 0 Å². The first-order valence-electron chi connectivity index (χ1n) is 16.4. The summed E-state index contributed by atoms with van der Waals surface area (Å²) in [6, 6.07) is 0. The van der Waals surface area contributed by atoms with E-state index in [4.69, 9.17) is 0 Å². The summed E-state index contributed by atoms with van der Waals surface area (Å²) >= 11 is 0. The van der Waals surface area contributed by atoms with E-state index in [1.54, 1.807) is 0 Å². The van der Waals surface area contributed by atoms with Crippen LogP contribution in [0.3, 0.4) is 0 Å². The second-order valence-electron chi connectivity index (χ2n) is 13.5. The van der Waals surface area contributed by atoms with Crippen LogP contribution in [0.25, 0.3) is 0 Å². The fourth-order valence-electron chi connectivity index (χ4n) is 4.94. The first-order valence-corrected chi connectivity index (χ1v) is 18.2. The highest BCUT2D eigenvalue weighted by Crippen LogP contribution is 2.69. The predicted molar refractivity (Wildman–Crippen MR) is 141 cm³/mol. The molecule has 2 atom stereocenters. The van der Waals surface area contributed by atoms with Gasteiger partial charge in [0, 0.05) is 26.2 Å². The molecule has 0 aliphatic rings. The van der Waals surface area contributed by atoms with Crippen LogP contribution < -0.4 is 0 Å². The lowest BCUT2D eigenvalue weighted by molar-refractivity contribution is -0.471. The van der Waals surface area contributed by atoms with Gasteiger partial charge in [0.25, 0.3) is 5.67 Å². The largest absolute Gasteiger partial charge is 0.557 e. The monoisotopic (exact) mass is 1200 g/mol. The Bertz CT molecular complexity index is 1870. The quantitative estimate of drug-likeness (QED) is 0.0754. The van der Waals surface area contributed by atoms with Gasteiger partial charge in [0.15, 0.2) is 0 Å². The molecule has 0 aromatic rings. The van der Waals surface area contributed by atoms with Crippen molar-refractivity contribution in [3.8, 4) is 0 Å². The third-order valence-electron chi connectivity index (χ3n) is 9.04. The van der Waals surface area contributed by atoms with Crippen LogP contribution in [0, 0.1) is 0 Å². The van der Waals surface area contributed by atoms with Gasteiger partial charge in [0.05, 0.1) is 0 Å². The minimum Gasteiger partial charge on any atom is -0.372 e. The molecule has 0 aliphatic heterocycles. The van der Waals surface area contributed by atoms with Crippen LogP contribution in [-0.2, 0) is 13.3 Å². The van der Waals surface area contributed by atoms with Crippen molar-refractivity contribution in [2.45, 2.75) is 139 Å². The molecule has 434 valence electrons. The van der Waals surface area contributed by atoms with Gasteiger partial charge >= 0.3 is 122 Å². The standard InChI is InChI=1S/C26H14F42O3Si/c1-3-69-72(70-4-2,22(56,26(66,67)68)19(50,51)16(44,45)13(38,39)12(36,37)15(42,43)18(48,49)21(54,55)25(63,64)65)71-6-5-7(27,23(57,58)59)8(28,29)9(30,31)10(32,33)11(34,35)14(40,41)17(46,47)20(52,53)24(60,61)62/h3-6H2,1-2H3. The number of halogens is 42. The third kappa shape index (κ3) is 8.67. The molecule has 0 saturated heterocycles. The maximum atomic E-state index is 16.1. The average Bonchev–Trinajstić information content (AvgIpc) is 3.14. The van der Waals surface area contributed by atoms with Crippen LogP contribution in [0.5, 0.6) is 0 Å². The first-order chi connectivity index (χ1) is 30.6. The summed E-state index contributed by atoms with van der Waals surface area (Å²) in [6.45, 7) is -10.0. The molecule has 0 amide bonds. The van der Waals surface area contributed by atoms with E-state index < -0.39 is 154 Å². The van der Waals surface area contributed by atoms with Gasteiger partial charge in [-0.3, -0.25) is 0 Å². The zero-order chi connectivity index (χ0) is 59.4. The van der Waals surface area contributed by atoms with Crippen molar-refractivity contribution in [3.05, 3.63) is 0 Å². The fourth-order valence-corrected chi connectivity index (χ4v) is 7.81. The minimum atomic E-state index is -9.99. The van der Waals surface area contributed by atoms with Gasteiger partial charge in [-0.15, -0.1) is 0 Å². The van der Waals surface area contributed by atoms with E-state index in [1.165, 1.54) is 0 Å². The molecule has 0 rings (SSSR count). The number of rotatable bonds is 23. The SMILES string of the molecule is CCO[Si](OCC)(OCCC(F)(C(F)(F)F)C(F)(F)C(F)(F)C(F)(F)C(F)(F)C(F)(F)C(F)(F)C(F)(F)C(F)(F)F)C(F)(C(F)(F)F)C(F)(F)C(F)(F)C(F)(F)C(F)(F)C(F)(F)C(F)(F)C(F)(F)C(F)(F)F. The molecule has 0 fully saturated rings. The van der Waals surface area contributed by atoms with Gasteiger partial charge in [-0.1, -0.05) is 0 Å². The molecule has 0 bridgehead atoms. The Hall–Kier alpha value is -2.84. The zero-order valence-electron chi connectivity index (χ0n) is 32.4. The van der Waals surface area contributed by atoms with E-state index in [0.29, 0.717) is 0 Å². The van der Waals surface area contributed by atoms with E-state index in [0.717, 1.165) is 0 Å². The Balaban J connectivity index is 8.39. The first kappa shape index (κ1) is 69.2. The van der Waals surface area contributed by atoms with Crippen LogP contribution in [-0.4, -0.2) is 147 Å². The Labute approximate surface area is 366 Å². The van der Waals surface area contributed by atoms with Crippen LogP contribution >= 0.6 is 0 Å². The van der Waals surface area contributed by atoms with Crippen molar-refractivity contribution in [2.24, 2.45) is 0 Å². The number of alkyl halides is 42. The smallest absolute Gasteiger partial charge is 0.372 e. The lowest BCUT2D eigenvalue weighted by atomic mass is 9.82. The molecule has 0 N–H and O–H groups in total. The topological polar surface area (TPSA) is 27.7 Å². The van der Waals surface area contributed by atoms with E-state index in [1.807, 2.05) is 0 Å². The predicted octanol–water partition coefficient (Wildman–Crippen LogP) is 14.5. The molecular formula is C26H14F42O3Si. The number of hydrogen-bond donors (Lipinski definition) is 0. The fraction of sp³-hybridized carbons (Fsp3) is 1.00. The molecule has 0 saturated carbocycles. The summed E-state index contributed by atoms with van der Waals surface area (Å²) in [6.07, 6.45) is -39.3. The van der Waals surface area contributed by atoms with Crippen molar-refractivity contribution in [1.82, 2.24) is 0 Å². The van der Waals surface area contributed by atoms with Gasteiger partial charge < -0.3 is 13.3 Å². The zero-order valence-corrected chi connectivity index (χ0v) is 33.4. The van der Waals surface area contributed by atoms with Crippen molar-refractivity contribution in [2.75, 3.05) is 19.8 Å². The molecule has 0 spiro atoms. The Morgan fingerprint density at radius 1 is 0.236 bits per heavy atom. The van der Waals surface area contributed by atoms with E-state index in [2.05, 4.69) is 13.3 Å². The van der Waals surface area contributed by atoms with Crippen molar-refractivity contribution in [1.29, 1.82) is 0 Å². The van der Waals surface area contributed by atoms with Crippen LogP contribution in [0.15, 0.2) is 0 Å². The summed E-state index contributed by atoms with van der Waals surface area (Å²) < 4.78 is 593. The molecule has 0 heterocycles. The van der Waals surface area contributed by atoms with Crippen molar-refractivity contribution >= 4 is 8.80 Å². The lowest BCUT2D eigenvalue weighted by Crippen LogP contribution is -2.83. The molecule has 46 heteroatoms. The Morgan fingerprint density at radius 2 is 0.444 bits per heavy atom. The van der Waals surface area contributed by atoms with E-state index >= 15 is 17.6 Å². The van der Waals surface area contributed by atoms with E-state index in [9.17, 15) is 167 Å². The highest BCUT2D eigenvalue weighted by molar-refractivity contribution is 6.64. The number of hydrogen-bond acceptors (Lipinski definition) is 3. The molecule has 0 aliphatic carbocycles. The van der Waals surface area contributed by atoms with Crippen LogP contribution in [0.1, 0.15) is 20.3 Å². The summed E-state index contributed by atoms with van der Waals surface area (Å²) in [5, 5.41) is -8.94. The summed E-state index contributed by atoms with van der Waals surface area (Å²) in [7, 11) is -9.40. The van der Waals surface area contributed by atoms with Gasteiger partial charge in [-0.05, 0) is 13.8 Å². The van der Waals surface area contributed by atoms with Gasteiger partial charge in [0.2, 0.25) is 0 Å². The van der Waals surface area contributed by atoms with Crippen molar-refractivity contribution in [3.63, 3.8) is 0 Å². The Kier molecular flexibility index (Phi) is 17.4. The molecule has 0 aromatic heterocycles. The van der Waals surface area contributed by atoms with Crippen molar-refractivity contribution < 1.29 is 198 Å². The summed E-state index contributed by atoms with van der Waals surface area (Å²) in [5.41, 5.74) is -8.58. The molecule has 0 aromatic carbocycles. The highest BCUT2D eigenvalue weighted by atomic mass is 28.4. The molecule has 3 nitrogen and oxygen atoms in total. The lowest BCUT2D eigenvalue weighted by Gasteiger charge is -2.48. The second kappa shape index (κ2) is 18.1. The highest BCUT2D eigenvalue weighted by Gasteiger charge is 3.02. The van der Waals surface area contributed by atoms with Gasteiger partial charge in [-0.25, -0.2) is 8.78 Å². The molecular weight excluding hydrogens is 1190 g/mol. The maximum Gasteiger partial charge on any atom is 0.557 e. The normalized spacial score (nSPS) is 18.3. The Morgan fingerprint density at radius 3 is 0.639 bits per heavy atom.